The van der Waals surface area contributed by atoms with Crippen LogP contribution in [0.25, 0.3) is 0 Å². The van der Waals surface area contributed by atoms with E-state index in [0.717, 1.165) is 0 Å². The maximum Gasteiger partial charge on any atom is 0.284 e. The van der Waals surface area contributed by atoms with Crippen molar-refractivity contribution in [2.24, 2.45) is 0 Å². The van der Waals surface area contributed by atoms with E-state index in [1.807, 2.05) is 5.92 Å². The summed E-state index contributed by atoms with van der Waals surface area (Å²) in [5.41, 5.74) is 0. The SMILES string of the molecule is O=[C]C#CCO. The van der Waals surface area contributed by atoms with Crippen molar-refractivity contribution in [3.63, 3.8) is 0 Å². The van der Waals surface area contributed by atoms with Crippen molar-refractivity contribution in [3.8, 4) is 11.8 Å². The van der Waals surface area contributed by atoms with Crippen LogP contribution >= 0.6 is 0 Å². The Kier molecular flexibility index (Phi) is 3.62. The van der Waals surface area contributed by atoms with Crippen molar-refractivity contribution in [3.05, 3.63) is 0 Å². The van der Waals surface area contributed by atoms with Gasteiger partial charge in [0.1, 0.15) is 6.61 Å². The van der Waals surface area contributed by atoms with Gasteiger partial charge in [0, 0.05) is 0 Å². The van der Waals surface area contributed by atoms with Gasteiger partial charge in [-0.25, -0.2) is 0 Å². The average Bonchev–Trinajstić information content (AvgIpc) is 1.61. The van der Waals surface area contributed by atoms with Crippen LogP contribution in [0.15, 0.2) is 0 Å². The fourth-order valence-electron chi connectivity index (χ4n) is 0.0756. The van der Waals surface area contributed by atoms with Crippen molar-refractivity contribution in [1.82, 2.24) is 0 Å². The predicted octanol–water partition coefficient (Wildman–Crippen LogP) is -0.908. The molecule has 0 aliphatic rings. The molecule has 1 radical (unpaired) electrons. The molecular formula is C4H3O2. The lowest BCUT2D eigenvalue weighted by atomic mass is 10.6. The number of aliphatic hydroxyl groups is 1. The predicted molar refractivity (Wildman–Crippen MR) is 20.6 cm³/mol. The van der Waals surface area contributed by atoms with Gasteiger partial charge < -0.3 is 5.11 Å². The molecular weight excluding hydrogens is 80.0 g/mol. The summed E-state index contributed by atoms with van der Waals surface area (Å²) in [6, 6.07) is 0. The van der Waals surface area contributed by atoms with Crippen LogP contribution in [0.2, 0.25) is 0 Å². The van der Waals surface area contributed by atoms with Gasteiger partial charge in [0.15, 0.2) is 0 Å². The smallest absolute Gasteiger partial charge is 0.284 e. The van der Waals surface area contributed by atoms with Gasteiger partial charge in [-0.1, -0.05) is 5.92 Å². The highest BCUT2D eigenvalue weighted by atomic mass is 16.2. The molecule has 1 N–H and O–H groups in total. The maximum absolute atomic E-state index is 9.15. The third-order valence-electron chi connectivity index (χ3n) is 0.218. The minimum absolute atomic E-state index is 0.269. The summed E-state index contributed by atoms with van der Waals surface area (Å²) in [5, 5.41) is 7.84. The molecule has 2 heteroatoms. The summed E-state index contributed by atoms with van der Waals surface area (Å²) < 4.78 is 0. The molecule has 6 heavy (non-hydrogen) atoms. The molecule has 0 saturated carbocycles. The summed E-state index contributed by atoms with van der Waals surface area (Å²) in [5.74, 6) is 3.97. The zero-order chi connectivity index (χ0) is 4.83. The van der Waals surface area contributed by atoms with E-state index < -0.39 is 0 Å². The van der Waals surface area contributed by atoms with E-state index in [-0.39, 0.29) is 6.61 Å². The first-order valence-corrected chi connectivity index (χ1v) is 1.37. The van der Waals surface area contributed by atoms with Crippen LogP contribution in [0.1, 0.15) is 0 Å². The summed E-state index contributed by atoms with van der Waals surface area (Å²) >= 11 is 0. The van der Waals surface area contributed by atoms with Crippen LogP contribution in [0, 0.1) is 11.8 Å². The Morgan fingerprint density at radius 3 is 2.50 bits per heavy atom. The summed E-state index contributed by atoms with van der Waals surface area (Å²) in [7, 11) is 0. The van der Waals surface area contributed by atoms with Crippen LogP contribution in [0.3, 0.4) is 0 Å². The van der Waals surface area contributed by atoms with Crippen LogP contribution < -0.4 is 0 Å². The molecule has 0 spiro atoms. The topological polar surface area (TPSA) is 37.3 Å². The molecule has 2 nitrogen and oxygen atoms in total. The number of carbonyl (C=O) groups excluding carboxylic acids is 1. The minimum Gasteiger partial charge on any atom is -0.384 e. The second-order valence-electron chi connectivity index (χ2n) is 0.562. The van der Waals surface area contributed by atoms with Gasteiger partial charge in [0.2, 0.25) is 0 Å². The van der Waals surface area contributed by atoms with Crippen LogP contribution in [0.5, 0.6) is 0 Å². The third kappa shape index (κ3) is 3.19. The lowest BCUT2D eigenvalue weighted by molar-refractivity contribution is 0.350. The van der Waals surface area contributed by atoms with Crippen molar-refractivity contribution in [1.29, 1.82) is 0 Å². The highest BCUT2D eigenvalue weighted by molar-refractivity contribution is 5.73. The lowest BCUT2D eigenvalue weighted by Crippen LogP contribution is -1.70. The molecule has 31 valence electrons. The summed E-state index contributed by atoms with van der Waals surface area (Å²) in [4.78, 5) is 9.15. The first kappa shape index (κ1) is 5.19. The van der Waals surface area contributed by atoms with Crippen LogP contribution in [-0.2, 0) is 4.79 Å². The van der Waals surface area contributed by atoms with Crippen molar-refractivity contribution in [2.75, 3.05) is 6.61 Å². The van der Waals surface area contributed by atoms with Gasteiger partial charge in [0.05, 0.1) is 0 Å². The van der Waals surface area contributed by atoms with Crippen molar-refractivity contribution in [2.45, 2.75) is 0 Å². The van der Waals surface area contributed by atoms with E-state index in [2.05, 4.69) is 5.92 Å². The number of hydrogen-bond donors (Lipinski definition) is 1. The molecule has 0 heterocycles. The molecule has 0 aromatic carbocycles. The molecule has 0 aliphatic carbocycles. The first-order chi connectivity index (χ1) is 2.91. The quantitative estimate of drug-likeness (QED) is 0.385. The van der Waals surface area contributed by atoms with E-state index in [9.17, 15) is 0 Å². The normalized spacial score (nSPS) is 5.50. The van der Waals surface area contributed by atoms with Gasteiger partial charge in [-0.15, -0.1) is 0 Å². The zero-order valence-electron chi connectivity index (χ0n) is 3.06. The Balaban J connectivity index is 3.13. The Labute approximate surface area is 35.8 Å². The third-order valence-corrected chi connectivity index (χ3v) is 0.218. The fraction of sp³-hybridized carbons (Fsp3) is 0.250. The largest absolute Gasteiger partial charge is 0.384 e. The van der Waals surface area contributed by atoms with E-state index in [1.54, 1.807) is 0 Å². The molecule has 0 rings (SSSR count). The molecule has 0 amide bonds. The summed E-state index contributed by atoms with van der Waals surface area (Å²) in [6.07, 6.45) is 1.30. The highest BCUT2D eigenvalue weighted by Crippen LogP contribution is 1.43. The van der Waals surface area contributed by atoms with Gasteiger partial charge in [-0.2, -0.15) is 0 Å². The van der Waals surface area contributed by atoms with Crippen molar-refractivity contribution < 1.29 is 9.90 Å². The molecule has 0 fully saturated rings. The van der Waals surface area contributed by atoms with Crippen molar-refractivity contribution >= 4 is 6.29 Å². The minimum atomic E-state index is -0.269. The lowest BCUT2D eigenvalue weighted by Gasteiger charge is -1.59. The second kappa shape index (κ2) is 4.19. The molecule has 0 bridgehead atoms. The molecule has 0 saturated heterocycles. The van der Waals surface area contributed by atoms with E-state index in [1.165, 1.54) is 6.29 Å². The zero-order valence-corrected chi connectivity index (χ0v) is 3.06. The molecule has 0 unspecified atom stereocenters. The fourth-order valence-corrected chi connectivity index (χ4v) is 0.0756. The number of hydrogen-bond acceptors (Lipinski definition) is 2. The Morgan fingerprint density at radius 1 is 1.67 bits per heavy atom. The van der Waals surface area contributed by atoms with Gasteiger partial charge in [-0.05, 0) is 5.92 Å². The first-order valence-electron chi connectivity index (χ1n) is 1.37. The molecule has 0 atom stereocenters. The molecule has 0 aliphatic heterocycles. The van der Waals surface area contributed by atoms with Crippen LogP contribution in [-0.4, -0.2) is 18.0 Å². The number of rotatable bonds is 0. The molecule has 0 aromatic heterocycles. The van der Waals surface area contributed by atoms with Crippen LogP contribution in [0.4, 0.5) is 0 Å². The monoisotopic (exact) mass is 83.0 g/mol. The Hall–Kier alpha value is -0.810. The van der Waals surface area contributed by atoms with Gasteiger partial charge in [0.25, 0.3) is 6.29 Å². The van der Waals surface area contributed by atoms with E-state index in [0.29, 0.717) is 0 Å². The number of aliphatic hydroxyl groups excluding tert-OH is 1. The van der Waals surface area contributed by atoms with Gasteiger partial charge in [-0.3, -0.25) is 4.79 Å². The molecule has 0 aromatic rings. The van der Waals surface area contributed by atoms with E-state index in [4.69, 9.17) is 9.90 Å². The van der Waals surface area contributed by atoms with Gasteiger partial charge >= 0.3 is 0 Å². The van der Waals surface area contributed by atoms with E-state index >= 15 is 0 Å². The average molecular weight is 83.1 g/mol. The standard InChI is InChI=1S/C4H3O2/c5-3-1-2-4-6/h5H,3H2. The second-order valence-corrected chi connectivity index (χ2v) is 0.562. The summed E-state index contributed by atoms with van der Waals surface area (Å²) in [6.45, 7) is -0.269. The maximum atomic E-state index is 9.15. The Bertz CT molecular complexity index is 85.5. The highest BCUT2D eigenvalue weighted by Gasteiger charge is 1.57. The Morgan fingerprint density at radius 2 is 2.33 bits per heavy atom.